The molecule has 6 nitrogen and oxygen atoms in total. The van der Waals surface area contributed by atoms with Crippen LogP contribution in [-0.4, -0.2) is 48.8 Å². The zero-order valence-corrected chi connectivity index (χ0v) is 10.2. The van der Waals surface area contributed by atoms with E-state index in [2.05, 4.69) is 0 Å². The van der Waals surface area contributed by atoms with Gasteiger partial charge >= 0.3 is 0 Å². The molecule has 1 aliphatic heterocycles. The van der Waals surface area contributed by atoms with E-state index in [-0.39, 0.29) is 0 Å². The molecule has 0 radical (unpaired) electrons. The summed E-state index contributed by atoms with van der Waals surface area (Å²) in [5.74, 6) is 0. The fourth-order valence-electron chi connectivity index (χ4n) is 1.28. The van der Waals surface area contributed by atoms with Crippen molar-refractivity contribution in [1.82, 2.24) is 9.80 Å². The molecule has 0 saturated carbocycles. The fourth-order valence-corrected chi connectivity index (χ4v) is 1.84. The zero-order chi connectivity index (χ0) is 12.7. The summed E-state index contributed by atoms with van der Waals surface area (Å²) in [7, 11) is 0. The van der Waals surface area contributed by atoms with Crippen LogP contribution in [0.15, 0.2) is 11.4 Å². The van der Waals surface area contributed by atoms with Gasteiger partial charge in [-0.1, -0.05) is 0 Å². The summed E-state index contributed by atoms with van der Waals surface area (Å²) in [5, 5.41) is 2.57. The van der Waals surface area contributed by atoms with E-state index in [1.54, 1.807) is 15.9 Å². The molecule has 7 heteroatoms. The van der Waals surface area contributed by atoms with Crippen LogP contribution in [0.2, 0.25) is 0 Å². The van der Waals surface area contributed by atoms with E-state index in [9.17, 15) is 9.59 Å². The predicted molar refractivity (Wildman–Crippen MR) is 68.4 cm³/mol. The zero-order valence-electron chi connectivity index (χ0n) is 9.41. The van der Waals surface area contributed by atoms with Crippen molar-refractivity contribution in [2.24, 2.45) is 0 Å². The second-order valence-corrected chi connectivity index (χ2v) is 4.47. The Labute approximate surface area is 104 Å². The molecular formula is C10H16N4O2S. The van der Waals surface area contributed by atoms with Crippen LogP contribution < -0.4 is 11.5 Å². The van der Waals surface area contributed by atoms with E-state index in [4.69, 9.17) is 11.5 Å². The number of nitrogen functional groups attached to an aromatic ring is 2. The molecule has 4 N–H and O–H groups in total. The van der Waals surface area contributed by atoms with Gasteiger partial charge in [-0.15, -0.1) is 11.3 Å². The van der Waals surface area contributed by atoms with E-state index < -0.39 is 0 Å². The molecule has 2 amide bonds. The Kier molecular flexibility index (Phi) is 5.28. The van der Waals surface area contributed by atoms with Crippen LogP contribution in [0.4, 0.5) is 10.7 Å². The number of amides is 2. The van der Waals surface area contributed by atoms with Crippen LogP contribution in [0, 0.1) is 0 Å². The van der Waals surface area contributed by atoms with Gasteiger partial charge in [0.1, 0.15) is 5.00 Å². The molecule has 0 unspecified atom stereocenters. The van der Waals surface area contributed by atoms with Crippen LogP contribution in [-0.2, 0) is 9.59 Å². The minimum Gasteiger partial charge on any atom is -0.396 e. The summed E-state index contributed by atoms with van der Waals surface area (Å²) in [6, 6.07) is 1.79. The summed E-state index contributed by atoms with van der Waals surface area (Å²) in [5.41, 5.74) is 11.3. The average Bonchev–Trinajstić information content (AvgIpc) is 2.75. The van der Waals surface area contributed by atoms with Gasteiger partial charge in [-0.2, -0.15) is 0 Å². The lowest BCUT2D eigenvalue weighted by Crippen LogP contribution is -2.44. The largest absolute Gasteiger partial charge is 0.396 e. The first-order valence-corrected chi connectivity index (χ1v) is 6.02. The van der Waals surface area contributed by atoms with Crippen molar-refractivity contribution in [3.05, 3.63) is 11.4 Å². The minimum absolute atomic E-state index is 0.669. The molecule has 0 aliphatic carbocycles. The standard InChI is InChI=1S/C6H10N2O2.C4H6N2S/c9-5-7-1-2-8(6-10)4-3-7;5-3-1-2-7-4(3)6/h5-6H,1-4H2;1-2H,5-6H2. The number of carbonyl (C=O) groups excluding carboxylic acids is 2. The highest BCUT2D eigenvalue weighted by atomic mass is 32.1. The highest BCUT2D eigenvalue weighted by Crippen LogP contribution is 2.19. The van der Waals surface area contributed by atoms with Crippen molar-refractivity contribution in [2.75, 3.05) is 37.6 Å². The number of thiophene rings is 1. The molecule has 1 aliphatic rings. The molecule has 0 spiro atoms. The first-order chi connectivity index (χ1) is 8.17. The first-order valence-electron chi connectivity index (χ1n) is 5.14. The summed E-state index contributed by atoms with van der Waals surface area (Å²) in [4.78, 5) is 23.7. The SMILES string of the molecule is Nc1ccsc1N.O=CN1CCN(C=O)CC1. The number of nitrogens with zero attached hydrogens (tertiary/aromatic N) is 2. The third kappa shape index (κ3) is 4.31. The number of carbonyl (C=O) groups is 2. The lowest BCUT2D eigenvalue weighted by molar-refractivity contribution is -0.125. The van der Waals surface area contributed by atoms with Gasteiger partial charge in [0.25, 0.3) is 0 Å². The van der Waals surface area contributed by atoms with Crippen LogP contribution >= 0.6 is 11.3 Å². The normalized spacial score (nSPS) is 14.8. The van der Waals surface area contributed by atoms with Crippen LogP contribution in [0.5, 0.6) is 0 Å². The molecular weight excluding hydrogens is 240 g/mol. The summed E-state index contributed by atoms with van der Waals surface area (Å²) in [6.07, 6.45) is 1.64. The number of piperazine rings is 1. The lowest BCUT2D eigenvalue weighted by atomic mass is 10.4. The maximum Gasteiger partial charge on any atom is 0.209 e. The highest BCUT2D eigenvalue weighted by Gasteiger charge is 2.12. The van der Waals surface area contributed by atoms with Gasteiger partial charge < -0.3 is 21.3 Å². The molecule has 1 saturated heterocycles. The fraction of sp³-hybridized carbons (Fsp3) is 0.400. The van der Waals surface area contributed by atoms with Crippen molar-refractivity contribution < 1.29 is 9.59 Å². The second kappa shape index (κ2) is 6.74. The van der Waals surface area contributed by atoms with E-state index in [0.29, 0.717) is 36.9 Å². The minimum atomic E-state index is 0.669. The van der Waals surface area contributed by atoms with Gasteiger partial charge in [0, 0.05) is 26.2 Å². The quantitative estimate of drug-likeness (QED) is 0.718. The number of hydrogen-bond acceptors (Lipinski definition) is 5. The van der Waals surface area contributed by atoms with Crippen molar-refractivity contribution >= 4 is 34.8 Å². The Balaban J connectivity index is 0.000000181. The van der Waals surface area contributed by atoms with Gasteiger partial charge in [-0.3, -0.25) is 9.59 Å². The molecule has 1 aromatic rings. The molecule has 0 aromatic carbocycles. The third-order valence-electron chi connectivity index (χ3n) is 2.37. The third-order valence-corrected chi connectivity index (χ3v) is 3.14. The number of anilines is 2. The van der Waals surface area contributed by atoms with E-state index in [1.807, 2.05) is 5.38 Å². The van der Waals surface area contributed by atoms with Gasteiger partial charge in [0.15, 0.2) is 0 Å². The maximum absolute atomic E-state index is 10.2. The highest BCUT2D eigenvalue weighted by molar-refractivity contribution is 7.14. The number of nitrogens with two attached hydrogens (primary N) is 2. The molecule has 0 bridgehead atoms. The van der Waals surface area contributed by atoms with Gasteiger partial charge in [0.2, 0.25) is 12.8 Å². The Morgan fingerprint density at radius 1 is 1.06 bits per heavy atom. The van der Waals surface area contributed by atoms with E-state index in [0.717, 1.165) is 12.8 Å². The summed E-state index contributed by atoms with van der Waals surface area (Å²) >= 11 is 1.46. The van der Waals surface area contributed by atoms with Gasteiger partial charge in [-0.25, -0.2) is 0 Å². The first kappa shape index (κ1) is 13.3. The topological polar surface area (TPSA) is 92.7 Å². The molecule has 1 fully saturated rings. The monoisotopic (exact) mass is 256 g/mol. The average molecular weight is 256 g/mol. The Hall–Kier alpha value is -1.76. The molecule has 2 rings (SSSR count). The van der Waals surface area contributed by atoms with E-state index >= 15 is 0 Å². The molecule has 2 heterocycles. The van der Waals surface area contributed by atoms with Crippen LogP contribution in [0.1, 0.15) is 0 Å². The van der Waals surface area contributed by atoms with E-state index in [1.165, 1.54) is 11.3 Å². The predicted octanol–water partition coefficient (Wildman–Crippen LogP) is -0.171. The lowest BCUT2D eigenvalue weighted by Gasteiger charge is -2.29. The Bertz CT molecular complexity index is 328. The molecule has 94 valence electrons. The van der Waals surface area contributed by atoms with Crippen molar-refractivity contribution in [1.29, 1.82) is 0 Å². The smallest absolute Gasteiger partial charge is 0.209 e. The van der Waals surface area contributed by atoms with Crippen LogP contribution in [0.3, 0.4) is 0 Å². The molecule has 0 atom stereocenters. The van der Waals surface area contributed by atoms with Crippen molar-refractivity contribution in [3.8, 4) is 0 Å². The van der Waals surface area contributed by atoms with Gasteiger partial charge in [-0.05, 0) is 11.4 Å². The van der Waals surface area contributed by atoms with Crippen molar-refractivity contribution in [3.63, 3.8) is 0 Å². The van der Waals surface area contributed by atoms with Crippen molar-refractivity contribution in [2.45, 2.75) is 0 Å². The van der Waals surface area contributed by atoms with Gasteiger partial charge in [0.05, 0.1) is 5.69 Å². The summed E-state index contributed by atoms with van der Waals surface area (Å²) < 4.78 is 0. The Morgan fingerprint density at radius 2 is 1.53 bits per heavy atom. The molecule has 17 heavy (non-hydrogen) atoms. The Morgan fingerprint density at radius 3 is 1.71 bits per heavy atom. The number of rotatable bonds is 2. The summed E-state index contributed by atoms with van der Waals surface area (Å²) in [6.45, 7) is 2.68. The molecule has 1 aromatic heterocycles. The van der Waals surface area contributed by atoms with Crippen LogP contribution in [0.25, 0.3) is 0 Å². The number of hydrogen-bond donors (Lipinski definition) is 2. The second-order valence-electron chi connectivity index (χ2n) is 3.52. The maximum atomic E-state index is 10.2.